The minimum atomic E-state index is -0.408. The van der Waals surface area contributed by atoms with Crippen LogP contribution < -0.4 is 11.5 Å². The van der Waals surface area contributed by atoms with Gasteiger partial charge < -0.3 is 20.9 Å². The Balaban J connectivity index is 0.000000550. The van der Waals surface area contributed by atoms with Gasteiger partial charge in [0.25, 0.3) is 0 Å². The highest BCUT2D eigenvalue weighted by atomic mass is 16.5. The predicted molar refractivity (Wildman–Crippen MR) is 98.2 cm³/mol. The molecule has 0 aliphatic heterocycles. The van der Waals surface area contributed by atoms with Gasteiger partial charge in [-0.05, 0) is 35.4 Å². The Morgan fingerprint density at radius 2 is 1.60 bits per heavy atom. The van der Waals surface area contributed by atoms with Gasteiger partial charge in [0.1, 0.15) is 6.61 Å². The summed E-state index contributed by atoms with van der Waals surface area (Å²) in [6, 6.07) is 14.6. The third-order valence-corrected chi connectivity index (χ3v) is 2.92. The van der Waals surface area contributed by atoms with Gasteiger partial charge in [-0.25, -0.2) is 4.79 Å². The van der Waals surface area contributed by atoms with E-state index in [1.165, 1.54) is 20.1 Å². The average Bonchev–Trinajstić information content (AvgIpc) is 2.59. The van der Waals surface area contributed by atoms with Crippen LogP contribution in [0.2, 0.25) is 0 Å². The molecular weight excluding hydrogens is 320 g/mol. The lowest BCUT2D eigenvalue weighted by molar-refractivity contribution is -0.139. The second-order valence-corrected chi connectivity index (χ2v) is 5.06. The first kappa shape index (κ1) is 19.8. The summed E-state index contributed by atoms with van der Waals surface area (Å²) < 4.78 is 9.23. The molecule has 0 heterocycles. The van der Waals surface area contributed by atoms with Crippen molar-refractivity contribution in [2.45, 2.75) is 13.5 Å². The summed E-state index contributed by atoms with van der Waals surface area (Å²) in [5.41, 5.74) is 14.1. The Hall–Kier alpha value is -3.28. The second-order valence-electron chi connectivity index (χ2n) is 5.06. The molecule has 0 saturated heterocycles. The van der Waals surface area contributed by atoms with Crippen LogP contribution in [0.15, 0.2) is 54.6 Å². The number of nitrogens with two attached hydrogens (primary N) is 2. The summed E-state index contributed by atoms with van der Waals surface area (Å²) in [6.07, 6.45) is 3.10. The first-order valence-corrected chi connectivity index (χ1v) is 7.50. The third-order valence-electron chi connectivity index (χ3n) is 2.92. The molecule has 6 nitrogen and oxygen atoms in total. The molecule has 0 aliphatic rings. The highest BCUT2D eigenvalue weighted by molar-refractivity contribution is 5.87. The number of esters is 2. The number of ether oxygens (including phenoxy) is 2. The van der Waals surface area contributed by atoms with Crippen LogP contribution in [0.25, 0.3) is 6.08 Å². The van der Waals surface area contributed by atoms with Crippen molar-refractivity contribution in [3.8, 4) is 0 Å². The molecule has 0 unspecified atom stereocenters. The summed E-state index contributed by atoms with van der Waals surface area (Å²) in [5.74, 6) is -0.653. The molecule has 0 aliphatic carbocycles. The van der Waals surface area contributed by atoms with Gasteiger partial charge in [0.15, 0.2) is 0 Å². The van der Waals surface area contributed by atoms with Gasteiger partial charge >= 0.3 is 11.9 Å². The molecule has 0 aromatic heterocycles. The van der Waals surface area contributed by atoms with Crippen molar-refractivity contribution in [3.63, 3.8) is 0 Å². The smallest absolute Gasteiger partial charge is 0.331 e. The van der Waals surface area contributed by atoms with E-state index >= 15 is 0 Å². The lowest BCUT2D eigenvalue weighted by Crippen LogP contribution is -2.02. The van der Waals surface area contributed by atoms with Crippen molar-refractivity contribution >= 4 is 29.4 Å². The number of methoxy groups -OCH3 is 1. The third kappa shape index (κ3) is 8.80. The summed E-state index contributed by atoms with van der Waals surface area (Å²) in [6.45, 7) is 1.51. The van der Waals surface area contributed by atoms with Crippen LogP contribution in [0, 0.1) is 0 Å². The van der Waals surface area contributed by atoms with Crippen LogP contribution in [0.5, 0.6) is 0 Å². The molecule has 6 heteroatoms. The van der Waals surface area contributed by atoms with E-state index in [9.17, 15) is 9.59 Å². The average molecular weight is 342 g/mol. The Labute approximate surface area is 147 Å². The van der Waals surface area contributed by atoms with Crippen molar-refractivity contribution in [1.82, 2.24) is 0 Å². The highest BCUT2D eigenvalue weighted by Gasteiger charge is 2.01. The molecule has 132 valence electrons. The lowest BCUT2D eigenvalue weighted by atomic mass is 10.2. The minimum absolute atomic E-state index is 0.146. The van der Waals surface area contributed by atoms with Gasteiger partial charge in [-0.3, -0.25) is 4.79 Å². The number of hydrogen-bond acceptors (Lipinski definition) is 6. The molecule has 0 saturated carbocycles. The van der Waals surface area contributed by atoms with Gasteiger partial charge in [0.05, 0.1) is 7.11 Å². The number of nitrogen functional groups attached to an aromatic ring is 2. The van der Waals surface area contributed by atoms with Gasteiger partial charge in [0.2, 0.25) is 0 Å². The number of hydrogen-bond donors (Lipinski definition) is 2. The molecule has 0 fully saturated rings. The summed E-state index contributed by atoms with van der Waals surface area (Å²) in [4.78, 5) is 21.2. The van der Waals surface area contributed by atoms with E-state index in [0.717, 1.165) is 11.1 Å². The zero-order valence-electron chi connectivity index (χ0n) is 14.3. The Kier molecular flexibility index (Phi) is 8.29. The Morgan fingerprint density at radius 1 is 1.04 bits per heavy atom. The lowest BCUT2D eigenvalue weighted by Gasteiger charge is -2.05. The normalized spacial score (nSPS) is 9.84. The summed E-state index contributed by atoms with van der Waals surface area (Å²) in [5, 5.41) is 0. The molecule has 2 aromatic rings. The van der Waals surface area contributed by atoms with Crippen LogP contribution in [0.3, 0.4) is 0 Å². The van der Waals surface area contributed by atoms with Gasteiger partial charge in [-0.2, -0.15) is 0 Å². The van der Waals surface area contributed by atoms with E-state index in [1.807, 2.05) is 30.3 Å². The number of anilines is 2. The summed E-state index contributed by atoms with van der Waals surface area (Å²) >= 11 is 0. The highest BCUT2D eigenvalue weighted by Crippen LogP contribution is 2.14. The molecule has 0 atom stereocenters. The van der Waals surface area contributed by atoms with Crippen LogP contribution in [-0.4, -0.2) is 19.0 Å². The van der Waals surface area contributed by atoms with E-state index in [0.29, 0.717) is 11.4 Å². The molecule has 2 aromatic carbocycles. The zero-order valence-corrected chi connectivity index (χ0v) is 14.3. The van der Waals surface area contributed by atoms with Crippen molar-refractivity contribution in [3.05, 3.63) is 65.7 Å². The Bertz CT molecular complexity index is 707. The van der Waals surface area contributed by atoms with Crippen LogP contribution >= 0.6 is 0 Å². The maximum atomic E-state index is 11.6. The summed E-state index contributed by atoms with van der Waals surface area (Å²) in [7, 11) is 1.35. The van der Waals surface area contributed by atoms with E-state index in [1.54, 1.807) is 24.3 Å². The maximum absolute atomic E-state index is 11.6. The monoisotopic (exact) mass is 342 g/mol. The largest absolute Gasteiger partial charge is 0.469 e. The molecule has 0 amide bonds. The number of benzene rings is 2. The number of carbonyl (C=O) groups excluding carboxylic acids is 2. The Morgan fingerprint density at radius 3 is 2.12 bits per heavy atom. The van der Waals surface area contributed by atoms with Crippen molar-refractivity contribution in [2.24, 2.45) is 0 Å². The molecule has 2 rings (SSSR count). The molecule has 4 N–H and O–H groups in total. The minimum Gasteiger partial charge on any atom is -0.469 e. The van der Waals surface area contributed by atoms with E-state index in [-0.39, 0.29) is 12.6 Å². The van der Waals surface area contributed by atoms with Gasteiger partial charge in [0, 0.05) is 24.4 Å². The van der Waals surface area contributed by atoms with Crippen molar-refractivity contribution in [1.29, 1.82) is 0 Å². The fraction of sp³-hybridized carbons (Fsp3) is 0.158. The van der Waals surface area contributed by atoms with Crippen LogP contribution in [0.1, 0.15) is 18.1 Å². The first-order valence-electron chi connectivity index (χ1n) is 7.50. The van der Waals surface area contributed by atoms with Crippen LogP contribution in [-0.2, 0) is 25.7 Å². The zero-order chi connectivity index (χ0) is 18.7. The first-order chi connectivity index (χ1) is 11.9. The quantitative estimate of drug-likeness (QED) is 0.503. The molecular formula is C19H22N2O4. The molecule has 0 bridgehead atoms. The standard InChI is InChI=1S/C16H16N2O2.C3H6O2/c17-14-8-13(9-15(18)10-14)11-20-16(19)7-6-12-4-2-1-3-5-12;1-3(4)5-2/h1-10H,11,17-18H2;1-2H3/b7-6+;. The topological polar surface area (TPSA) is 105 Å². The van der Waals surface area contributed by atoms with Gasteiger partial charge in [-0.15, -0.1) is 0 Å². The molecule has 0 spiro atoms. The van der Waals surface area contributed by atoms with Gasteiger partial charge in [-0.1, -0.05) is 30.3 Å². The molecule has 25 heavy (non-hydrogen) atoms. The van der Waals surface area contributed by atoms with Crippen LogP contribution in [0.4, 0.5) is 11.4 Å². The molecule has 0 radical (unpaired) electrons. The number of rotatable bonds is 4. The van der Waals surface area contributed by atoms with E-state index in [2.05, 4.69) is 4.74 Å². The van der Waals surface area contributed by atoms with Crippen molar-refractivity contribution in [2.75, 3.05) is 18.6 Å². The van der Waals surface area contributed by atoms with E-state index in [4.69, 9.17) is 16.2 Å². The maximum Gasteiger partial charge on any atom is 0.331 e. The number of carbonyl (C=O) groups is 2. The fourth-order valence-corrected chi connectivity index (χ4v) is 1.76. The van der Waals surface area contributed by atoms with Crippen molar-refractivity contribution < 1.29 is 19.1 Å². The predicted octanol–water partition coefficient (Wildman–Crippen LogP) is 2.79. The fourth-order valence-electron chi connectivity index (χ4n) is 1.76. The second kappa shape index (κ2) is 10.5. The van der Waals surface area contributed by atoms with E-state index < -0.39 is 5.97 Å². The SMILES string of the molecule is COC(C)=O.Nc1cc(N)cc(COC(=O)/C=C/c2ccccc2)c1.